The lowest BCUT2D eigenvalue weighted by molar-refractivity contribution is 0.483. The minimum Gasteiger partial charge on any atom is -0.457 e. The van der Waals surface area contributed by atoms with Gasteiger partial charge in [-0.2, -0.15) is 4.98 Å². The van der Waals surface area contributed by atoms with Crippen LogP contribution in [0.25, 0.3) is 10.9 Å². The highest BCUT2D eigenvalue weighted by molar-refractivity contribution is 7.91. The Hall–Kier alpha value is -4.44. The van der Waals surface area contributed by atoms with Crippen molar-refractivity contribution < 1.29 is 26.3 Å². The molecule has 1 heterocycles. The predicted molar refractivity (Wildman–Crippen MR) is 145 cm³/mol. The van der Waals surface area contributed by atoms with Crippen molar-refractivity contribution >= 4 is 20.7 Å². The van der Waals surface area contributed by atoms with Gasteiger partial charge < -0.3 is 9.30 Å². The van der Waals surface area contributed by atoms with Crippen LogP contribution in [0, 0.1) is 24.4 Å². The summed E-state index contributed by atoms with van der Waals surface area (Å²) in [5.74, 6) is -2.35. The molecule has 0 spiro atoms. The maximum atomic E-state index is 14.2. The molecule has 4 aromatic carbocycles. The van der Waals surface area contributed by atoms with E-state index in [1.165, 1.54) is 17.0 Å². The first kappa shape index (κ1) is 27.1. The molecule has 5 rings (SSSR count). The molecular weight excluding hydrogens is 541 g/mol. The van der Waals surface area contributed by atoms with E-state index in [0.29, 0.717) is 35.6 Å². The molecule has 0 amide bonds. The van der Waals surface area contributed by atoms with Gasteiger partial charge in [-0.15, -0.1) is 0 Å². The summed E-state index contributed by atoms with van der Waals surface area (Å²) in [4.78, 5) is 16.5. The van der Waals surface area contributed by atoms with Crippen LogP contribution in [0.2, 0.25) is 0 Å². The molecule has 0 fully saturated rings. The van der Waals surface area contributed by atoms with E-state index in [1.54, 1.807) is 60.7 Å². The summed E-state index contributed by atoms with van der Waals surface area (Å²) in [5.41, 5.74) is 1.25. The van der Waals surface area contributed by atoms with Crippen LogP contribution in [0.3, 0.4) is 0 Å². The fourth-order valence-electron chi connectivity index (χ4n) is 4.25. The number of rotatable bonds is 8. The minimum absolute atomic E-state index is 0.0358. The third-order valence-corrected chi connectivity index (χ3v) is 8.19. The maximum absolute atomic E-state index is 14.2. The highest BCUT2D eigenvalue weighted by Gasteiger charge is 2.16. The van der Waals surface area contributed by atoms with Crippen LogP contribution in [0.1, 0.15) is 16.7 Å². The number of aryl methyl sites for hydroxylation is 2. The zero-order valence-corrected chi connectivity index (χ0v) is 22.1. The molecule has 0 saturated heterocycles. The molecule has 10 heteroatoms. The van der Waals surface area contributed by atoms with Crippen molar-refractivity contribution in [1.82, 2.24) is 9.55 Å². The summed E-state index contributed by atoms with van der Waals surface area (Å²) in [6, 6.07) is 19.5. The zero-order valence-electron chi connectivity index (χ0n) is 21.3. The SMILES string of the molecule is Cc1ccc(S(=O)(=O)CCc2ccc(Oc3ccc4c(c3)c(=O)ncn4Cc3c(F)cc(F)cc3F)cc2)cc1. The van der Waals surface area contributed by atoms with Gasteiger partial charge in [-0.3, -0.25) is 4.79 Å². The number of aromatic nitrogens is 2. The summed E-state index contributed by atoms with van der Waals surface area (Å²) in [6.07, 6.45) is 1.50. The summed E-state index contributed by atoms with van der Waals surface area (Å²) in [5, 5.41) is 0.167. The first-order valence-corrected chi connectivity index (χ1v) is 13.9. The van der Waals surface area contributed by atoms with Crippen molar-refractivity contribution in [2.75, 3.05) is 5.75 Å². The molecule has 0 unspecified atom stereocenters. The molecule has 0 N–H and O–H groups in total. The molecule has 0 aliphatic rings. The first-order chi connectivity index (χ1) is 19.1. The second kappa shape index (κ2) is 11.0. The highest BCUT2D eigenvalue weighted by atomic mass is 32.2. The quantitative estimate of drug-likeness (QED) is 0.232. The Morgan fingerprint density at radius 3 is 2.17 bits per heavy atom. The molecule has 0 saturated carbocycles. The third-order valence-electron chi connectivity index (χ3n) is 6.46. The van der Waals surface area contributed by atoms with E-state index in [9.17, 15) is 26.4 Å². The fourth-order valence-corrected chi connectivity index (χ4v) is 5.54. The van der Waals surface area contributed by atoms with Crippen molar-refractivity contribution in [2.45, 2.75) is 24.8 Å². The van der Waals surface area contributed by atoms with E-state index in [4.69, 9.17) is 4.74 Å². The molecule has 0 radical (unpaired) electrons. The Bertz CT molecular complexity index is 1850. The van der Waals surface area contributed by atoms with Crippen LogP contribution < -0.4 is 10.3 Å². The van der Waals surface area contributed by atoms with Crippen LogP contribution in [0.15, 0.2) is 94.9 Å². The van der Waals surface area contributed by atoms with E-state index in [-0.39, 0.29) is 28.1 Å². The molecular formula is C30H23F3N2O4S. The second-order valence-electron chi connectivity index (χ2n) is 9.33. The van der Waals surface area contributed by atoms with E-state index < -0.39 is 32.8 Å². The number of nitrogens with zero attached hydrogens (tertiary/aromatic N) is 2. The van der Waals surface area contributed by atoms with Crippen molar-refractivity contribution in [2.24, 2.45) is 0 Å². The Morgan fingerprint density at radius 1 is 0.850 bits per heavy atom. The number of hydrogen-bond acceptors (Lipinski definition) is 5. The molecule has 204 valence electrons. The standard InChI is InChI=1S/C30H23F3N2O4S/c1-19-2-9-24(10-3-19)40(37,38)13-12-20-4-6-22(7-5-20)39-23-8-11-29-25(16-23)30(36)34-18-35(29)17-26-27(32)14-21(31)15-28(26)33/h2-11,14-16,18H,12-13,17H2,1H3. The fraction of sp³-hybridized carbons (Fsp3) is 0.133. The van der Waals surface area contributed by atoms with Gasteiger partial charge in [0.2, 0.25) is 0 Å². The number of fused-ring (bicyclic) bond motifs is 1. The molecule has 0 aliphatic carbocycles. The summed E-state index contributed by atoms with van der Waals surface area (Å²) >= 11 is 0. The van der Waals surface area contributed by atoms with Crippen LogP contribution in [-0.2, 0) is 22.8 Å². The van der Waals surface area contributed by atoms with Gasteiger partial charge >= 0.3 is 0 Å². The van der Waals surface area contributed by atoms with Gasteiger partial charge in [0.1, 0.15) is 29.0 Å². The van der Waals surface area contributed by atoms with Crippen molar-refractivity contribution in [3.05, 3.63) is 130 Å². The molecule has 1 aromatic heterocycles. The van der Waals surface area contributed by atoms with Crippen molar-refractivity contribution in [3.63, 3.8) is 0 Å². The normalized spacial score (nSPS) is 11.6. The Kier molecular flexibility index (Phi) is 7.44. The molecule has 40 heavy (non-hydrogen) atoms. The Morgan fingerprint density at radius 2 is 1.50 bits per heavy atom. The predicted octanol–water partition coefficient (Wildman–Crippen LogP) is 5.98. The van der Waals surface area contributed by atoms with Gasteiger partial charge in [-0.1, -0.05) is 29.8 Å². The molecule has 0 aliphatic heterocycles. The van der Waals surface area contributed by atoms with Crippen LogP contribution >= 0.6 is 0 Å². The van der Waals surface area contributed by atoms with Crippen molar-refractivity contribution in [3.8, 4) is 11.5 Å². The van der Waals surface area contributed by atoms with E-state index in [0.717, 1.165) is 11.1 Å². The Balaban J connectivity index is 1.31. The van der Waals surface area contributed by atoms with Crippen LogP contribution in [0.4, 0.5) is 13.2 Å². The van der Waals surface area contributed by atoms with Gasteiger partial charge in [-0.05, 0) is 61.4 Å². The smallest absolute Gasteiger partial charge is 0.280 e. The maximum Gasteiger partial charge on any atom is 0.280 e. The van der Waals surface area contributed by atoms with Crippen molar-refractivity contribution in [1.29, 1.82) is 0 Å². The van der Waals surface area contributed by atoms with Crippen LogP contribution in [-0.4, -0.2) is 23.7 Å². The van der Waals surface area contributed by atoms with Crippen LogP contribution in [0.5, 0.6) is 11.5 Å². The number of hydrogen-bond donors (Lipinski definition) is 0. The Labute approximate surface area is 228 Å². The van der Waals surface area contributed by atoms with E-state index in [2.05, 4.69) is 4.98 Å². The first-order valence-electron chi connectivity index (χ1n) is 12.3. The third kappa shape index (κ3) is 5.91. The number of benzene rings is 4. The highest BCUT2D eigenvalue weighted by Crippen LogP contribution is 2.26. The number of ether oxygens (including phenoxy) is 1. The van der Waals surface area contributed by atoms with Gasteiger partial charge in [0.15, 0.2) is 9.84 Å². The van der Waals surface area contributed by atoms with E-state index in [1.807, 2.05) is 6.92 Å². The number of sulfone groups is 1. The monoisotopic (exact) mass is 564 g/mol. The average Bonchev–Trinajstić information content (AvgIpc) is 2.92. The molecule has 0 bridgehead atoms. The summed E-state index contributed by atoms with van der Waals surface area (Å²) in [7, 11) is -3.42. The summed E-state index contributed by atoms with van der Waals surface area (Å²) < 4.78 is 74.2. The minimum atomic E-state index is -3.42. The zero-order chi connectivity index (χ0) is 28.4. The molecule has 0 atom stereocenters. The lowest BCUT2D eigenvalue weighted by Crippen LogP contribution is -2.14. The number of halogens is 3. The summed E-state index contributed by atoms with van der Waals surface area (Å²) in [6.45, 7) is 1.59. The lowest BCUT2D eigenvalue weighted by Gasteiger charge is -2.13. The second-order valence-corrected chi connectivity index (χ2v) is 11.4. The lowest BCUT2D eigenvalue weighted by atomic mass is 10.1. The van der Waals surface area contributed by atoms with Gasteiger partial charge in [-0.25, -0.2) is 21.6 Å². The largest absolute Gasteiger partial charge is 0.457 e. The van der Waals surface area contributed by atoms with E-state index >= 15 is 0 Å². The average molecular weight is 565 g/mol. The topological polar surface area (TPSA) is 78.3 Å². The van der Waals surface area contributed by atoms with Gasteiger partial charge in [0, 0.05) is 17.7 Å². The van der Waals surface area contributed by atoms with Gasteiger partial charge in [0.25, 0.3) is 5.56 Å². The van der Waals surface area contributed by atoms with Gasteiger partial charge in [0.05, 0.1) is 34.4 Å². The molecule has 6 nitrogen and oxygen atoms in total. The molecule has 5 aromatic rings.